The molecule has 3 fully saturated rings. The van der Waals surface area contributed by atoms with E-state index in [1.54, 1.807) is 7.05 Å². The summed E-state index contributed by atoms with van der Waals surface area (Å²) in [4.78, 5) is 12.1. The average Bonchev–Trinajstić information content (AvgIpc) is 2.70. The quantitative estimate of drug-likeness (QED) is 0.707. The summed E-state index contributed by atoms with van der Waals surface area (Å²) in [7, 11) is 1.71. The fourth-order valence-electron chi connectivity index (χ4n) is 4.46. The smallest absolute Gasteiger partial charge is 0.252 e. The Hall–Kier alpha value is -0.570. The molecule has 4 bridgehead atoms. The van der Waals surface area contributed by atoms with E-state index in [-0.39, 0.29) is 16.7 Å². The summed E-state index contributed by atoms with van der Waals surface area (Å²) in [6.07, 6.45) is 3.34. The summed E-state index contributed by atoms with van der Waals surface area (Å²) < 4.78 is 5.92. The first kappa shape index (κ1) is 9.64. The number of carbonyl (C=O) groups is 1. The Kier molecular flexibility index (Phi) is 1.54. The second-order valence-corrected chi connectivity index (χ2v) is 5.88. The molecule has 15 heavy (non-hydrogen) atoms. The zero-order chi connectivity index (χ0) is 10.9. The van der Waals surface area contributed by atoms with Gasteiger partial charge in [-0.2, -0.15) is 0 Å². The molecule has 3 heteroatoms. The monoisotopic (exact) mass is 209 g/mol. The number of carbonyl (C=O) groups excluding carboxylic acids is 1. The minimum atomic E-state index is -0.514. The van der Waals surface area contributed by atoms with E-state index < -0.39 is 5.60 Å². The van der Waals surface area contributed by atoms with Gasteiger partial charge in [-0.3, -0.25) is 4.79 Å². The first-order chi connectivity index (χ1) is 7.00. The van der Waals surface area contributed by atoms with Crippen LogP contribution in [0.2, 0.25) is 0 Å². The van der Waals surface area contributed by atoms with Gasteiger partial charge in [-0.25, -0.2) is 0 Å². The standard InChI is InChI=1S/C12H19NO2/c1-10-7-15-12(9(14)13-3)6-8(10)4-5-11(10,12)2/h8H,4-7H2,1-3H3,(H,13,14)/t8-,10-,11+,12-/m0/s1. The Bertz CT molecular complexity index is 343. The zero-order valence-electron chi connectivity index (χ0n) is 9.72. The highest BCUT2D eigenvalue weighted by molar-refractivity contribution is 5.87. The third-order valence-corrected chi connectivity index (χ3v) is 5.79. The number of amides is 1. The second-order valence-electron chi connectivity index (χ2n) is 5.88. The maximum Gasteiger partial charge on any atom is 0.252 e. The van der Waals surface area contributed by atoms with Gasteiger partial charge in [0.05, 0.1) is 6.61 Å². The molecule has 3 rings (SSSR count). The molecule has 0 radical (unpaired) electrons. The van der Waals surface area contributed by atoms with Crippen molar-refractivity contribution in [1.29, 1.82) is 0 Å². The lowest BCUT2D eigenvalue weighted by Gasteiger charge is -2.39. The lowest BCUT2D eigenvalue weighted by atomic mass is 9.66. The summed E-state index contributed by atoms with van der Waals surface area (Å²) in [5.41, 5.74) is -0.219. The van der Waals surface area contributed by atoms with Crippen LogP contribution in [0.3, 0.4) is 0 Å². The Balaban J connectivity index is 2.12. The molecule has 2 aliphatic carbocycles. The molecule has 4 atom stereocenters. The summed E-state index contributed by atoms with van der Waals surface area (Å²) in [6, 6.07) is 0. The molecule has 0 aromatic heterocycles. The van der Waals surface area contributed by atoms with Crippen LogP contribution < -0.4 is 5.32 Å². The summed E-state index contributed by atoms with van der Waals surface area (Å²) in [6.45, 7) is 5.33. The molecule has 1 amide bonds. The molecule has 1 heterocycles. The lowest BCUT2D eigenvalue weighted by Crippen LogP contribution is -2.54. The van der Waals surface area contributed by atoms with Crippen LogP contribution in [0.1, 0.15) is 33.1 Å². The van der Waals surface area contributed by atoms with E-state index in [1.165, 1.54) is 6.42 Å². The van der Waals surface area contributed by atoms with Gasteiger partial charge in [0.1, 0.15) is 0 Å². The van der Waals surface area contributed by atoms with Crippen molar-refractivity contribution in [2.24, 2.45) is 16.7 Å². The fraction of sp³-hybridized carbons (Fsp3) is 0.917. The van der Waals surface area contributed by atoms with E-state index in [2.05, 4.69) is 19.2 Å². The Morgan fingerprint density at radius 2 is 2.20 bits per heavy atom. The van der Waals surface area contributed by atoms with Gasteiger partial charge in [0.2, 0.25) is 0 Å². The fourth-order valence-corrected chi connectivity index (χ4v) is 4.46. The molecular formula is C12H19NO2. The Morgan fingerprint density at radius 3 is 2.73 bits per heavy atom. The Morgan fingerprint density at radius 1 is 1.47 bits per heavy atom. The highest BCUT2D eigenvalue weighted by Crippen LogP contribution is 2.74. The molecule has 3 aliphatic rings. The highest BCUT2D eigenvalue weighted by Gasteiger charge is 2.78. The number of nitrogens with one attached hydrogen (secondary N) is 1. The SMILES string of the molecule is CNC(=O)[C@@]12C[C@@H]3CC[C@]1(C)[C@@]3(C)CO2. The highest BCUT2D eigenvalue weighted by atomic mass is 16.5. The van der Waals surface area contributed by atoms with Gasteiger partial charge in [0, 0.05) is 17.9 Å². The van der Waals surface area contributed by atoms with Crippen LogP contribution in [0, 0.1) is 16.7 Å². The molecule has 84 valence electrons. The first-order valence-corrected chi connectivity index (χ1v) is 5.86. The van der Waals surface area contributed by atoms with Crippen molar-refractivity contribution in [1.82, 2.24) is 5.32 Å². The van der Waals surface area contributed by atoms with Crippen molar-refractivity contribution in [2.75, 3.05) is 13.7 Å². The van der Waals surface area contributed by atoms with Crippen LogP contribution in [0.5, 0.6) is 0 Å². The predicted octanol–water partition coefficient (Wildman–Crippen LogP) is 1.33. The second kappa shape index (κ2) is 2.40. The molecule has 0 aromatic carbocycles. The van der Waals surface area contributed by atoms with Crippen molar-refractivity contribution >= 4 is 5.91 Å². The number of hydrogen-bond donors (Lipinski definition) is 1. The molecule has 1 aliphatic heterocycles. The van der Waals surface area contributed by atoms with E-state index in [0.717, 1.165) is 19.4 Å². The normalized spacial score (nSPS) is 56.1. The average molecular weight is 209 g/mol. The van der Waals surface area contributed by atoms with Crippen LogP contribution in [0.25, 0.3) is 0 Å². The summed E-state index contributed by atoms with van der Waals surface area (Å²) in [5.74, 6) is 0.782. The minimum Gasteiger partial charge on any atom is -0.364 e. The maximum atomic E-state index is 12.1. The van der Waals surface area contributed by atoms with Gasteiger partial charge < -0.3 is 10.1 Å². The van der Waals surface area contributed by atoms with Gasteiger partial charge in [-0.15, -0.1) is 0 Å². The third-order valence-electron chi connectivity index (χ3n) is 5.79. The minimum absolute atomic E-state index is 0.0603. The van der Waals surface area contributed by atoms with E-state index in [0.29, 0.717) is 5.92 Å². The van der Waals surface area contributed by atoms with Crippen LogP contribution in [-0.4, -0.2) is 25.2 Å². The van der Waals surface area contributed by atoms with Crippen molar-refractivity contribution in [3.8, 4) is 0 Å². The largest absolute Gasteiger partial charge is 0.364 e. The molecule has 2 saturated carbocycles. The molecule has 0 aromatic rings. The topological polar surface area (TPSA) is 38.3 Å². The molecule has 1 N–H and O–H groups in total. The number of hydrogen-bond acceptors (Lipinski definition) is 2. The summed E-state index contributed by atoms with van der Waals surface area (Å²) in [5, 5.41) is 2.79. The number of rotatable bonds is 1. The maximum absolute atomic E-state index is 12.1. The lowest BCUT2D eigenvalue weighted by molar-refractivity contribution is -0.155. The molecule has 0 unspecified atom stereocenters. The van der Waals surface area contributed by atoms with Gasteiger partial charge >= 0.3 is 0 Å². The molecule has 3 nitrogen and oxygen atoms in total. The number of ether oxygens (including phenoxy) is 1. The zero-order valence-corrected chi connectivity index (χ0v) is 9.72. The molecule has 1 saturated heterocycles. The van der Waals surface area contributed by atoms with E-state index in [4.69, 9.17) is 4.74 Å². The molecular weight excluding hydrogens is 190 g/mol. The van der Waals surface area contributed by atoms with Gasteiger partial charge in [-0.05, 0) is 25.2 Å². The van der Waals surface area contributed by atoms with Crippen molar-refractivity contribution in [3.63, 3.8) is 0 Å². The predicted molar refractivity (Wildman–Crippen MR) is 56.3 cm³/mol. The van der Waals surface area contributed by atoms with E-state index in [9.17, 15) is 4.79 Å². The van der Waals surface area contributed by atoms with Crippen LogP contribution in [0.4, 0.5) is 0 Å². The van der Waals surface area contributed by atoms with Crippen molar-refractivity contribution in [2.45, 2.75) is 38.7 Å². The van der Waals surface area contributed by atoms with E-state index in [1.807, 2.05) is 0 Å². The van der Waals surface area contributed by atoms with Crippen LogP contribution in [-0.2, 0) is 9.53 Å². The van der Waals surface area contributed by atoms with E-state index >= 15 is 0 Å². The van der Waals surface area contributed by atoms with Gasteiger partial charge in [-0.1, -0.05) is 13.8 Å². The van der Waals surface area contributed by atoms with Crippen molar-refractivity contribution < 1.29 is 9.53 Å². The Labute approximate surface area is 90.6 Å². The third kappa shape index (κ3) is 0.718. The summed E-state index contributed by atoms with van der Waals surface area (Å²) >= 11 is 0. The van der Waals surface area contributed by atoms with Gasteiger partial charge in [0.25, 0.3) is 5.91 Å². The van der Waals surface area contributed by atoms with Crippen LogP contribution in [0.15, 0.2) is 0 Å². The van der Waals surface area contributed by atoms with Crippen molar-refractivity contribution in [3.05, 3.63) is 0 Å². The first-order valence-electron chi connectivity index (χ1n) is 5.86. The van der Waals surface area contributed by atoms with Gasteiger partial charge in [0.15, 0.2) is 5.60 Å². The molecule has 0 spiro atoms. The number of likely N-dealkylation sites (N-methyl/N-ethyl adjacent to an activating group) is 1. The van der Waals surface area contributed by atoms with Crippen LogP contribution >= 0.6 is 0 Å².